The van der Waals surface area contributed by atoms with Crippen LogP contribution >= 0.6 is 0 Å². The highest BCUT2D eigenvalue weighted by molar-refractivity contribution is 5.84. The number of nitrogens with one attached hydrogen (secondary N) is 1. The lowest BCUT2D eigenvalue weighted by atomic mass is 9.97. The lowest BCUT2D eigenvalue weighted by Crippen LogP contribution is -2.35. The highest BCUT2D eigenvalue weighted by Gasteiger charge is 2.21. The van der Waals surface area contributed by atoms with E-state index in [9.17, 15) is 4.79 Å². The second-order valence-corrected chi connectivity index (χ2v) is 5.29. The van der Waals surface area contributed by atoms with Crippen molar-refractivity contribution in [2.75, 3.05) is 6.54 Å². The molecule has 2 aromatic rings. The van der Waals surface area contributed by atoms with Crippen LogP contribution in [0.25, 0.3) is 0 Å². The van der Waals surface area contributed by atoms with Gasteiger partial charge < -0.3 is 11.1 Å². The van der Waals surface area contributed by atoms with Crippen LogP contribution in [0, 0.1) is 6.92 Å². The monoisotopic (exact) mass is 282 g/mol. The van der Waals surface area contributed by atoms with E-state index in [1.165, 1.54) is 5.56 Å². The van der Waals surface area contributed by atoms with E-state index in [0.29, 0.717) is 6.54 Å². The topological polar surface area (TPSA) is 55.1 Å². The van der Waals surface area contributed by atoms with Crippen LogP contribution in [0.3, 0.4) is 0 Å². The summed E-state index contributed by atoms with van der Waals surface area (Å²) in [6, 6.07) is 17.7. The Labute approximate surface area is 126 Å². The zero-order chi connectivity index (χ0) is 15.2. The third kappa shape index (κ3) is 3.70. The number of carbonyl (C=O) groups excluding carboxylic acids is 1. The average Bonchev–Trinajstić information content (AvgIpc) is 2.49. The van der Waals surface area contributed by atoms with Gasteiger partial charge in [-0.3, -0.25) is 4.79 Å². The molecule has 0 aromatic heterocycles. The van der Waals surface area contributed by atoms with Crippen LogP contribution in [0.1, 0.15) is 35.6 Å². The molecule has 2 atom stereocenters. The molecule has 0 spiro atoms. The molecule has 1 unspecified atom stereocenters. The standard InChI is InChI=1S/C18H22N2O/c1-13-8-6-7-11-16(13)14(2)20-18(21)17(12-19)15-9-4-3-5-10-15/h3-11,14,17H,12,19H2,1-2H3,(H,20,21)/t14-,17?/m1/s1. The number of nitrogens with two attached hydrogens (primary N) is 1. The van der Waals surface area contributed by atoms with Crippen molar-refractivity contribution in [1.82, 2.24) is 5.32 Å². The van der Waals surface area contributed by atoms with E-state index >= 15 is 0 Å². The lowest BCUT2D eigenvalue weighted by molar-refractivity contribution is -0.123. The minimum atomic E-state index is -0.308. The SMILES string of the molecule is Cc1ccccc1[C@@H](C)NC(=O)C(CN)c1ccccc1. The molecule has 0 fully saturated rings. The summed E-state index contributed by atoms with van der Waals surface area (Å²) in [6.07, 6.45) is 0. The molecular formula is C18H22N2O. The summed E-state index contributed by atoms with van der Waals surface area (Å²) in [5, 5.41) is 3.07. The predicted octanol–water partition coefficient (Wildman–Crippen LogP) is 2.91. The van der Waals surface area contributed by atoms with E-state index in [0.717, 1.165) is 11.1 Å². The highest BCUT2D eigenvalue weighted by atomic mass is 16.1. The molecule has 3 nitrogen and oxygen atoms in total. The smallest absolute Gasteiger partial charge is 0.229 e. The first kappa shape index (κ1) is 15.3. The summed E-state index contributed by atoms with van der Waals surface area (Å²) in [6.45, 7) is 4.35. The van der Waals surface area contributed by atoms with Crippen molar-refractivity contribution in [2.24, 2.45) is 5.73 Å². The zero-order valence-electron chi connectivity index (χ0n) is 12.5. The van der Waals surface area contributed by atoms with Gasteiger partial charge in [0.1, 0.15) is 0 Å². The summed E-state index contributed by atoms with van der Waals surface area (Å²) in [5.74, 6) is -0.336. The molecule has 0 aliphatic rings. The summed E-state index contributed by atoms with van der Waals surface area (Å²) in [4.78, 5) is 12.5. The van der Waals surface area contributed by atoms with Crippen molar-refractivity contribution < 1.29 is 4.79 Å². The van der Waals surface area contributed by atoms with Crippen LogP contribution < -0.4 is 11.1 Å². The van der Waals surface area contributed by atoms with Gasteiger partial charge in [0, 0.05) is 6.54 Å². The number of rotatable bonds is 5. The lowest BCUT2D eigenvalue weighted by Gasteiger charge is -2.21. The molecule has 2 rings (SSSR count). The number of amides is 1. The summed E-state index contributed by atoms with van der Waals surface area (Å²) in [5.41, 5.74) is 9.05. The van der Waals surface area contributed by atoms with Gasteiger partial charge in [-0.25, -0.2) is 0 Å². The van der Waals surface area contributed by atoms with Crippen molar-refractivity contribution >= 4 is 5.91 Å². The Hall–Kier alpha value is -2.13. The maximum atomic E-state index is 12.5. The van der Waals surface area contributed by atoms with Crippen LogP contribution in [0.2, 0.25) is 0 Å². The molecule has 0 saturated heterocycles. The third-order valence-corrected chi connectivity index (χ3v) is 3.77. The van der Waals surface area contributed by atoms with E-state index in [1.54, 1.807) is 0 Å². The Kier molecular flexibility index (Phi) is 5.12. The minimum Gasteiger partial charge on any atom is -0.349 e. The Balaban J connectivity index is 2.11. The van der Waals surface area contributed by atoms with Crippen LogP contribution in [0.5, 0.6) is 0 Å². The van der Waals surface area contributed by atoms with E-state index in [1.807, 2.05) is 55.5 Å². The van der Waals surface area contributed by atoms with Crippen molar-refractivity contribution in [3.8, 4) is 0 Å². The number of hydrogen-bond donors (Lipinski definition) is 2. The second-order valence-electron chi connectivity index (χ2n) is 5.29. The van der Waals surface area contributed by atoms with Crippen LogP contribution in [-0.4, -0.2) is 12.5 Å². The molecule has 0 saturated carbocycles. The number of aryl methyl sites for hydroxylation is 1. The van der Waals surface area contributed by atoms with Crippen LogP contribution in [0.15, 0.2) is 54.6 Å². The van der Waals surface area contributed by atoms with E-state index in [2.05, 4.69) is 18.3 Å². The molecule has 3 heteroatoms. The summed E-state index contributed by atoms with van der Waals surface area (Å²) in [7, 11) is 0. The summed E-state index contributed by atoms with van der Waals surface area (Å²) >= 11 is 0. The largest absolute Gasteiger partial charge is 0.349 e. The molecule has 0 heterocycles. The molecular weight excluding hydrogens is 260 g/mol. The summed E-state index contributed by atoms with van der Waals surface area (Å²) < 4.78 is 0. The van der Waals surface area contributed by atoms with Crippen molar-refractivity contribution in [3.63, 3.8) is 0 Å². The Morgan fingerprint density at radius 2 is 1.71 bits per heavy atom. The normalized spacial score (nSPS) is 13.5. The van der Waals surface area contributed by atoms with Gasteiger partial charge >= 0.3 is 0 Å². The second kappa shape index (κ2) is 7.04. The van der Waals surface area contributed by atoms with Gasteiger partial charge in [0.2, 0.25) is 5.91 Å². The number of carbonyl (C=O) groups is 1. The van der Waals surface area contributed by atoms with Gasteiger partial charge in [-0.15, -0.1) is 0 Å². The third-order valence-electron chi connectivity index (χ3n) is 3.77. The first-order valence-electron chi connectivity index (χ1n) is 7.24. The van der Waals surface area contributed by atoms with Crippen LogP contribution in [-0.2, 0) is 4.79 Å². The first-order valence-corrected chi connectivity index (χ1v) is 7.24. The molecule has 0 bridgehead atoms. The molecule has 1 amide bonds. The predicted molar refractivity (Wildman–Crippen MR) is 86.0 cm³/mol. The van der Waals surface area contributed by atoms with E-state index in [-0.39, 0.29) is 17.9 Å². The van der Waals surface area contributed by atoms with Crippen molar-refractivity contribution in [3.05, 3.63) is 71.3 Å². The maximum absolute atomic E-state index is 12.5. The first-order chi connectivity index (χ1) is 10.1. The maximum Gasteiger partial charge on any atom is 0.229 e. The van der Waals surface area contributed by atoms with Gasteiger partial charge in [0.15, 0.2) is 0 Å². The van der Waals surface area contributed by atoms with Crippen molar-refractivity contribution in [1.29, 1.82) is 0 Å². The fourth-order valence-electron chi connectivity index (χ4n) is 2.54. The van der Waals surface area contributed by atoms with Gasteiger partial charge in [-0.1, -0.05) is 54.6 Å². The molecule has 0 radical (unpaired) electrons. The van der Waals surface area contributed by atoms with Gasteiger partial charge in [0.25, 0.3) is 0 Å². The molecule has 2 aromatic carbocycles. The van der Waals surface area contributed by atoms with Gasteiger partial charge in [-0.2, -0.15) is 0 Å². The minimum absolute atomic E-state index is 0.0283. The van der Waals surface area contributed by atoms with E-state index in [4.69, 9.17) is 5.73 Å². The quantitative estimate of drug-likeness (QED) is 0.886. The molecule has 110 valence electrons. The fraction of sp³-hybridized carbons (Fsp3) is 0.278. The molecule has 21 heavy (non-hydrogen) atoms. The number of benzene rings is 2. The van der Waals surface area contributed by atoms with Gasteiger partial charge in [0.05, 0.1) is 12.0 Å². The Morgan fingerprint density at radius 3 is 2.33 bits per heavy atom. The number of hydrogen-bond acceptors (Lipinski definition) is 2. The molecule has 0 aliphatic heterocycles. The van der Waals surface area contributed by atoms with E-state index < -0.39 is 0 Å². The average molecular weight is 282 g/mol. The van der Waals surface area contributed by atoms with Crippen molar-refractivity contribution in [2.45, 2.75) is 25.8 Å². The van der Waals surface area contributed by atoms with Gasteiger partial charge in [-0.05, 0) is 30.5 Å². The molecule has 3 N–H and O–H groups in total. The Morgan fingerprint density at radius 1 is 1.10 bits per heavy atom. The van der Waals surface area contributed by atoms with Crippen LogP contribution in [0.4, 0.5) is 0 Å². The zero-order valence-corrected chi connectivity index (χ0v) is 12.5. The molecule has 0 aliphatic carbocycles. The highest BCUT2D eigenvalue weighted by Crippen LogP contribution is 2.20. The fourth-order valence-corrected chi connectivity index (χ4v) is 2.54. The Bertz CT molecular complexity index is 595.